The van der Waals surface area contributed by atoms with E-state index in [-0.39, 0.29) is 22.8 Å². The third kappa shape index (κ3) is 6.17. The number of hydroxylamine groups is 2. The second-order valence-electron chi connectivity index (χ2n) is 6.68. The smallest absolute Gasteiger partial charge is 0.365 e. The van der Waals surface area contributed by atoms with E-state index in [1.54, 1.807) is 0 Å². The quantitative estimate of drug-likeness (QED) is 0.426. The van der Waals surface area contributed by atoms with Gasteiger partial charge in [0, 0.05) is 6.54 Å². The van der Waals surface area contributed by atoms with E-state index >= 15 is 0 Å². The zero-order chi connectivity index (χ0) is 23.3. The first-order valence-electron chi connectivity index (χ1n) is 8.91. The van der Waals surface area contributed by atoms with Gasteiger partial charge in [-0.15, -0.1) is 0 Å². The zero-order valence-corrected chi connectivity index (χ0v) is 18.2. The second kappa shape index (κ2) is 9.77. The first-order chi connectivity index (χ1) is 14.4. The topological polar surface area (TPSA) is 162 Å². The fraction of sp³-hybridized carbons (Fsp3) is 0.211. The Labute approximate surface area is 184 Å². The highest BCUT2D eigenvalue weighted by Gasteiger charge is 2.29. The van der Waals surface area contributed by atoms with E-state index in [9.17, 15) is 22.8 Å². The molecule has 0 aliphatic heterocycles. The number of nitrogens with zero attached hydrogens (tertiary/aromatic N) is 1. The summed E-state index contributed by atoms with van der Waals surface area (Å²) in [5.41, 5.74) is 5.70. The van der Waals surface area contributed by atoms with Crippen LogP contribution in [0.5, 0.6) is 0 Å². The molecule has 31 heavy (non-hydrogen) atoms. The van der Waals surface area contributed by atoms with Crippen LogP contribution in [0, 0.1) is 0 Å². The number of carbonyl (C=O) groups is 3. The first-order valence-corrected chi connectivity index (χ1v) is 10.8. The maximum Gasteiger partial charge on any atom is 0.365 e. The summed E-state index contributed by atoms with van der Waals surface area (Å²) >= 11 is 6.04. The van der Waals surface area contributed by atoms with Crippen LogP contribution in [0.1, 0.15) is 29.8 Å². The number of sulfonamides is 1. The molecule has 2 aromatic rings. The van der Waals surface area contributed by atoms with Gasteiger partial charge in [-0.05, 0) is 31.5 Å². The van der Waals surface area contributed by atoms with Gasteiger partial charge < -0.3 is 15.9 Å². The number of benzene rings is 2. The van der Waals surface area contributed by atoms with Crippen molar-refractivity contribution in [3.63, 3.8) is 0 Å². The fourth-order valence-corrected chi connectivity index (χ4v) is 3.61. The van der Waals surface area contributed by atoms with Crippen LogP contribution < -0.4 is 16.2 Å². The number of hydrogen-bond donors (Lipinski definition) is 3. The standard InChI is InChI=1S/C19H21ClN4O6S/c1-11(2)24(18(26)17(21)25)30-19(27)13-8-16(31(22,28)29)14(20)9-15(13)23-10-12-6-4-3-5-7-12/h3-9,11,23H,10H2,1-2H3,(H2,21,25)(H2,22,28,29). The number of anilines is 1. The molecule has 0 heterocycles. The largest absolute Gasteiger partial charge is 0.380 e. The molecular formula is C19H21ClN4O6S. The van der Waals surface area contributed by atoms with E-state index in [0.717, 1.165) is 11.6 Å². The monoisotopic (exact) mass is 468 g/mol. The van der Waals surface area contributed by atoms with E-state index in [1.165, 1.54) is 19.9 Å². The molecule has 2 aromatic carbocycles. The highest BCUT2D eigenvalue weighted by Crippen LogP contribution is 2.29. The van der Waals surface area contributed by atoms with Gasteiger partial charge in [0.25, 0.3) is 0 Å². The second-order valence-corrected chi connectivity index (χ2v) is 8.62. The number of primary sulfonamides is 1. The van der Waals surface area contributed by atoms with E-state index < -0.39 is 38.7 Å². The molecule has 12 heteroatoms. The Kier molecular flexibility index (Phi) is 7.60. The highest BCUT2D eigenvalue weighted by atomic mass is 35.5. The molecule has 0 atom stereocenters. The summed E-state index contributed by atoms with van der Waals surface area (Å²) in [5, 5.41) is 8.42. The molecule has 2 amide bonds. The lowest BCUT2D eigenvalue weighted by atomic mass is 10.1. The molecular weight excluding hydrogens is 448 g/mol. The summed E-state index contributed by atoms with van der Waals surface area (Å²) in [6.45, 7) is 3.24. The number of primary amides is 1. The van der Waals surface area contributed by atoms with E-state index in [4.69, 9.17) is 27.3 Å². The number of hydrogen-bond acceptors (Lipinski definition) is 7. The van der Waals surface area contributed by atoms with E-state index in [0.29, 0.717) is 5.06 Å². The predicted molar refractivity (Wildman–Crippen MR) is 113 cm³/mol. The number of carbonyl (C=O) groups excluding carboxylic acids is 3. The normalized spacial score (nSPS) is 11.1. The minimum Gasteiger partial charge on any atom is -0.380 e. The molecule has 0 fully saturated rings. The maximum atomic E-state index is 12.8. The summed E-state index contributed by atoms with van der Waals surface area (Å²) < 4.78 is 23.7. The summed E-state index contributed by atoms with van der Waals surface area (Å²) in [6.07, 6.45) is 0. The lowest BCUT2D eigenvalue weighted by Gasteiger charge is -2.24. The Hall–Kier alpha value is -3.15. The van der Waals surface area contributed by atoms with Crippen molar-refractivity contribution in [2.24, 2.45) is 10.9 Å². The highest BCUT2D eigenvalue weighted by molar-refractivity contribution is 7.89. The molecule has 10 nitrogen and oxygen atoms in total. The summed E-state index contributed by atoms with van der Waals surface area (Å²) in [4.78, 5) is 40.5. The van der Waals surface area contributed by atoms with Crippen LogP contribution >= 0.6 is 11.6 Å². The molecule has 5 N–H and O–H groups in total. The van der Waals surface area contributed by atoms with Crippen molar-refractivity contribution in [1.82, 2.24) is 5.06 Å². The lowest BCUT2D eigenvalue weighted by molar-refractivity contribution is -0.177. The number of nitrogens with one attached hydrogen (secondary N) is 1. The molecule has 0 saturated heterocycles. The lowest BCUT2D eigenvalue weighted by Crippen LogP contribution is -2.45. The molecule has 0 unspecified atom stereocenters. The molecule has 166 valence electrons. The van der Waals surface area contributed by atoms with Crippen molar-refractivity contribution < 1.29 is 27.6 Å². The molecule has 0 aliphatic rings. The summed E-state index contributed by atoms with van der Waals surface area (Å²) in [7, 11) is -4.27. The average molecular weight is 469 g/mol. The zero-order valence-electron chi connectivity index (χ0n) is 16.7. The van der Waals surface area contributed by atoms with Crippen LogP contribution in [0.4, 0.5) is 5.69 Å². The summed E-state index contributed by atoms with van der Waals surface area (Å²) in [6, 6.07) is 10.5. The fourth-order valence-electron chi connectivity index (χ4n) is 2.51. The minimum absolute atomic E-state index is 0.126. The van der Waals surface area contributed by atoms with Gasteiger partial charge >= 0.3 is 17.8 Å². The average Bonchev–Trinajstić information content (AvgIpc) is 2.69. The third-order valence-corrected chi connectivity index (χ3v) is 5.36. The molecule has 0 aliphatic carbocycles. The number of nitrogens with two attached hydrogens (primary N) is 2. The Balaban J connectivity index is 2.46. The van der Waals surface area contributed by atoms with Gasteiger partial charge in [-0.2, -0.15) is 5.06 Å². The molecule has 0 saturated carbocycles. The molecule has 0 bridgehead atoms. The Morgan fingerprint density at radius 2 is 1.77 bits per heavy atom. The van der Waals surface area contributed by atoms with Gasteiger partial charge in [-0.1, -0.05) is 41.9 Å². The van der Waals surface area contributed by atoms with Gasteiger partial charge in [0.2, 0.25) is 10.0 Å². The van der Waals surface area contributed by atoms with Gasteiger partial charge in [0.15, 0.2) is 0 Å². The predicted octanol–water partition coefficient (Wildman–Crippen LogP) is 1.39. The third-order valence-electron chi connectivity index (χ3n) is 3.99. The number of rotatable bonds is 6. The first kappa shape index (κ1) is 24.1. The van der Waals surface area contributed by atoms with Crippen LogP contribution in [-0.2, 0) is 31.0 Å². The molecule has 0 aromatic heterocycles. The van der Waals surface area contributed by atoms with Gasteiger partial charge in [-0.3, -0.25) is 9.59 Å². The Morgan fingerprint density at radius 3 is 2.29 bits per heavy atom. The van der Waals surface area contributed by atoms with Crippen molar-refractivity contribution in [3.8, 4) is 0 Å². The molecule has 0 radical (unpaired) electrons. The summed E-state index contributed by atoms with van der Waals surface area (Å²) in [5.74, 6) is -3.70. The maximum absolute atomic E-state index is 12.8. The van der Waals surface area contributed by atoms with Crippen LogP contribution in [0.25, 0.3) is 0 Å². The van der Waals surface area contributed by atoms with Crippen LogP contribution in [0.2, 0.25) is 5.02 Å². The van der Waals surface area contributed by atoms with Crippen molar-refractivity contribution in [2.45, 2.75) is 31.3 Å². The molecule has 2 rings (SSSR count). The number of amides is 2. The van der Waals surface area contributed by atoms with Gasteiger partial charge in [0.05, 0.1) is 22.3 Å². The van der Waals surface area contributed by atoms with Crippen LogP contribution in [0.3, 0.4) is 0 Å². The van der Waals surface area contributed by atoms with E-state index in [2.05, 4.69) is 5.32 Å². The Morgan fingerprint density at radius 1 is 1.16 bits per heavy atom. The SMILES string of the molecule is CC(C)N(OC(=O)c1cc(S(N)(=O)=O)c(Cl)cc1NCc1ccccc1)C(=O)C(N)=O. The van der Waals surface area contributed by atoms with Gasteiger partial charge in [-0.25, -0.2) is 18.4 Å². The molecule has 0 spiro atoms. The Bertz CT molecular complexity index is 1110. The van der Waals surface area contributed by atoms with Crippen molar-refractivity contribution in [3.05, 3.63) is 58.6 Å². The number of halogens is 1. The van der Waals surface area contributed by atoms with Crippen molar-refractivity contribution in [1.29, 1.82) is 0 Å². The van der Waals surface area contributed by atoms with Gasteiger partial charge in [0.1, 0.15) is 4.90 Å². The van der Waals surface area contributed by atoms with E-state index in [1.807, 2.05) is 30.3 Å². The van der Waals surface area contributed by atoms with Crippen LogP contribution in [0.15, 0.2) is 47.4 Å². The van der Waals surface area contributed by atoms with Crippen LogP contribution in [-0.4, -0.2) is 37.3 Å². The van der Waals surface area contributed by atoms with Crippen molar-refractivity contribution in [2.75, 3.05) is 5.32 Å². The minimum atomic E-state index is -4.27. The van der Waals surface area contributed by atoms with Crippen molar-refractivity contribution >= 4 is 45.1 Å².